The van der Waals surface area contributed by atoms with Crippen LogP contribution in [0.5, 0.6) is 5.75 Å². The van der Waals surface area contributed by atoms with Gasteiger partial charge in [0.25, 0.3) is 0 Å². The van der Waals surface area contributed by atoms with Gasteiger partial charge in [0.05, 0.1) is 6.54 Å². The Kier molecular flexibility index (Phi) is 5.54. The molecule has 2 aliphatic rings. The number of hydrogen-bond donors (Lipinski definition) is 1. The van der Waals surface area contributed by atoms with Crippen LogP contribution >= 0.6 is 0 Å². The molecule has 0 bridgehead atoms. The summed E-state index contributed by atoms with van der Waals surface area (Å²) < 4.78 is 6.27. The molecule has 170 valence electrons. The first kappa shape index (κ1) is 21.5. The van der Waals surface area contributed by atoms with Crippen molar-refractivity contribution in [3.63, 3.8) is 0 Å². The van der Waals surface area contributed by atoms with Crippen molar-refractivity contribution in [1.82, 2.24) is 14.8 Å². The van der Waals surface area contributed by atoms with Crippen LogP contribution in [0.2, 0.25) is 0 Å². The van der Waals surface area contributed by atoms with Gasteiger partial charge in [0, 0.05) is 44.9 Å². The summed E-state index contributed by atoms with van der Waals surface area (Å²) in [7, 11) is 0. The van der Waals surface area contributed by atoms with Gasteiger partial charge in [0.15, 0.2) is 0 Å². The smallest absolute Gasteiger partial charge is 0.411 e. The van der Waals surface area contributed by atoms with Crippen LogP contribution in [0.1, 0.15) is 36.5 Å². The highest BCUT2D eigenvalue weighted by Gasteiger charge is 2.63. The van der Waals surface area contributed by atoms with E-state index >= 15 is 0 Å². The molecule has 3 aromatic rings. The number of carbonyl (C=O) groups is 1. The van der Waals surface area contributed by atoms with Crippen LogP contribution in [0.3, 0.4) is 0 Å². The topological polar surface area (TPSA) is 65.9 Å². The Labute approximate surface area is 194 Å². The lowest BCUT2D eigenvalue weighted by atomic mass is 9.70. The Morgan fingerprint density at radius 1 is 0.939 bits per heavy atom. The molecule has 1 aromatic heterocycles. The molecule has 1 unspecified atom stereocenters. The maximum absolute atomic E-state index is 13.3. The molecular formula is C27H29N3O3. The second-order valence-corrected chi connectivity index (χ2v) is 9.19. The Morgan fingerprint density at radius 2 is 1.67 bits per heavy atom. The van der Waals surface area contributed by atoms with E-state index in [4.69, 9.17) is 4.74 Å². The third-order valence-corrected chi connectivity index (χ3v) is 7.34. The van der Waals surface area contributed by atoms with Crippen LogP contribution in [0.25, 0.3) is 0 Å². The lowest BCUT2D eigenvalue weighted by Gasteiger charge is -2.48. The number of phenols is 1. The van der Waals surface area contributed by atoms with Gasteiger partial charge in [-0.25, -0.2) is 4.79 Å². The summed E-state index contributed by atoms with van der Waals surface area (Å²) in [6, 6.07) is 21.3. The predicted molar refractivity (Wildman–Crippen MR) is 125 cm³/mol. The van der Waals surface area contributed by atoms with Gasteiger partial charge in [-0.15, -0.1) is 0 Å². The van der Waals surface area contributed by atoms with Gasteiger partial charge in [0.2, 0.25) is 0 Å². The summed E-state index contributed by atoms with van der Waals surface area (Å²) >= 11 is 0. The van der Waals surface area contributed by atoms with E-state index in [1.165, 1.54) is 5.56 Å². The minimum atomic E-state index is -0.608. The molecule has 0 aliphatic carbocycles. The van der Waals surface area contributed by atoms with Crippen molar-refractivity contribution >= 4 is 6.09 Å². The first-order valence-corrected chi connectivity index (χ1v) is 11.5. The monoisotopic (exact) mass is 443 g/mol. The first-order chi connectivity index (χ1) is 16.0. The molecule has 2 saturated heterocycles. The Hall–Kier alpha value is -3.38. The van der Waals surface area contributed by atoms with Crippen molar-refractivity contribution in [2.45, 2.75) is 44.0 Å². The van der Waals surface area contributed by atoms with E-state index in [0.717, 1.165) is 43.6 Å². The number of pyridine rings is 1. The molecule has 2 fully saturated rings. The maximum Gasteiger partial charge on any atom is 0.411 e. The van der Waals surface area contributed by atoms with Crippen molar-refractivity contribution in [3.8, 4) is 5.75 Å². The minimum Gasteiger partial charge on any atom is -0.508 e. The Morgan fingerprint density at radius 3 is 2.33 bits per heavy atom. The number of piperidine rings is 1. The number of aromatic hydroxyl groups is 1. The van der Waals surface area contributed by atoms with Crippen LogP contribution in [-0.4, -0.2) is 44.7 Å². The van der Waals surface area contributed by atoms with Crippen molar-refractivity contribution in [2.75, 3.05) is 13.1 Å². The standard InChI is InChI=1S/C27H29N3O3/c1-26(23-7-3-2-4-8-23)27(13-16-29(17-14-27)19-22-6-5-15-28-18-22)33-25(32)30(26)20-21-9-11-24(31)12-10-21/h2-12,15,18,31H,13-14,16-17,19-20H2,1H3. The van der Waals surface area contributed by atoms with Crippen LogP contribution in [0.15, 0.2) is 79.1 Å². The normalized spacial score (nSPS) is 22.5. The number of benzene rings is 2. The summed E-state index contributed by atoms with van der Waals surface area (Å²) in [6.07, 6.45) is 4.94. The molecule has 5 rings (SSSR count). The highest BCUT2D eigenvalue weighted by molar-refractivity contribution is 5.73. The molecule has 3 heterocycles. The molecule has 0 saturated carbocycles. The number of ether oxygens (including phenoxy) is 1. The van der Waals surface area contributed by atoms with Gasteiger partial charge in [-0.05, 0) is 41.8 Å². The fourth-order valence-corrected chi connectivity index (χ4v) is 5.35. The third-order valence-electron chi connectivity index (χ3n) is 7.34. The average Bonchev–Trinajstić information content (AvgIpc) is 3.05. The van der Waals surface area contributed by atoms with Gasteiger partial charge in [0.1, 0.15) is 16.9 Å². The fourth-order valence-electron chi connectivity index (χ4n) is 5.35. The second kappa shape index (κ2) is 8.52. The molecular weight excluding hydrogens is 414 g/mol. The highest BCUT2D eigenvalue weighted by Crippen LogP contribution is 2.52. The van der Waals surface area contributed by atoms with Gasteiger partial charge < -0.3 is 9.84 Å². The number of carbonyl (C=O) groups excluding carboxylic acids is 1. The van der Waals surface area contributed by atoms with Crippen LogP contribution in [0.4, 0.5) is 4.79 Å². The molecule has 33 heavy (non-hydrogen) atoms. The van der Waals surface area contributed by atoms with Gasteiger partial charge in [-0.2, -0.15) is 0 Å². The quantitative estimate of drug-likeness (QED) is 0.620. The predicted octanol–water partition coefficient (Wildman–Crippen LogP) is 4.69. The van der Waals surface area contributed by atoms with Gasteiger partial charge >= 0.3 is 6.09 Å². The van der Waals surface area contributed by atoms with Crippen LogP contribution in [-0.2, 0) is 23.4 Å². The fraction of sp³-hybridized carbons (Fsp3) is 0.333. The van der Waals surface area contributed by atoms with Gasteiger partial charge in [-0.3, -0.25) is 14.8 Å². The lowest BCUT2D eigenvalue weighted by molar-refractivity contribution is -0.0614. The van der Waals surface area contributed by atoms with E-state index in [-0.39, 0.29) is 11.8 Å². The van der Waals surface area contributed by atoms with E-state index in [1.54, 1.807) is 18.3 Å². The summed E-state index contributed by atoms with van der Waals surface area (Å²) in [5.74, 6) is 0.214. The largest absolute Gasteiger partial charge is 0.508 e. The van der Waals surface area contributed by atoms with Crippen molar-refractivity contribution in [2.24, 2.45) is 0 Å². The van der Waals surface area contributed by atoms with E-state index in [0.29, 0.717) is 6.54 Å². The average molecular weight is 444 g/mol. The summed E-state index contributed by atoms with van der Waals surface area (Å²) in [5, 5.41) is 9.67. The number of nitrogens with zero attached hydrogens (tertiary/aromatic N) is 3. The number of phenolic OH excluding ortho intramolecular Hbond substituents is 1. The molecule has 0 radical (unpaired) electrons. The van der Waals surface area contributed by atoms with Crippen LogP contribution in [0, 0.1) is 0 Å². The Balaban J connectivity index is 1.44. The number of likely N-dealkylation sites (tertiary alicyclic amines) is 1. The molecule has 1 amide bonds. The van der Waals surface area contributed by atoms with E-state index in [2.05, 4.69) is 35.0 Å². The SMILES string of the molecule is CC1(c2ccccc2)N(Cc2ccc(O)cc2)C(=O)OC12CCN(Cc1cccnc1)CC2. The first-order valence-electron chi connectivity index (χ1n) is 11.5. The Bertz CT molecular complexity index is 1100. The summed E-state index contributed by atoms with van der Waals surface area (Å²) in [6.45, 7) is 5.10. The van der Waals surface area contributed by atoms with Crippen molar-refractivity contribution < 1.29 is 14.6 Å². The van der Waals surface area contributed by atoms with Crippen LogP contribution < -0.4 is 0 Å². The number of aromatic nitrogens is 1. The van der Waals surface area contributed by atoms with E-state index < -0.39 is 11.1 Å². The highest BCUT2D eigenvalue weighted by atomic mass is 16.6. The minimum absolute atomic E-state index is 0.214. The number of amides is 1. The molecule has 1 spiro atoms. The maximum atomic E-state index is 13.3. The zero-order chi connectivity index (χ0) is 22.9. The number of hydrogen-bond acceptors (Lipinski definition) is 5. The number of rotatable bonds is 5. The molecule has 1 N–H and O–H groups in total. The summed E-state index contributed by atoms with van der Waals surface area (Å²) in [5.41, 5.74) is 2.02. The molecule has 6 nitrogen and oxygen atoms in total. The summed E-state index contributed by atoms with van der Waals surface area (Å²) in [4.78, 5) is 21.8. The molecule has 2 aromatic carbocycles. The molecule has 1 atom stereocenters. The van der Waals surface area contributed by atoms with Gasteiger partial charge in [-0.1, -0.05) is 48.5 Å². The second-order valence-electron chi connectivity index (χ2n) is 9.19. The van der Waals surface area contributed by atoms with E-state index in [9.17, 15) is 9.90 Å². The molecule has 2 aliphatic heterocycles. The lowest BCUT2D eigenvalue weighted by Crippen LogP contribution is -2.58. The zero-order valence-electron chi connectivity index (χ0n) is 18.9. The third kappa shape index (κ3) is 3.85. The van der Waals surface area contributed by atoms with E-state index in [1.807, 2.05) is 47.5 Å². The molecule has 6 heteroatoms. The van der Waals surface area contributed by atoms with Crippen molar-refractivity contribution in [3.05, 3.63) is 95.8 Å². The van der Waals surface area contributed by atoms with Crippen molar-refractivity contribution in [1.29, 1.82) is 0 Å². The zero-order valence-corrected chi connectivity index (χ0v) is 18.9.